The van der Waals surface area contributed by atoms with Crippen molar-refractivity contribution < 1.29 is 24.2 Å². The second kappa shape index (κ2) is 7.36. The maximum atomic E-state index is 12.1. The predicted octanol–water partition coefficient (Wildman–Crippen LogP) is 4.45. The highest BCUT2D eigenvalue weighted by Gasteiger charge is 2.58. The molecule has 1 aliphatic rings. The first-order chi connectivity index (χ1) is 11.2. The Morgan fingerprint density at radius 3 is 1.88 bits per heavy atom. The maximum absolute atomic E-state index is 12.1. The minimum Gasteiger partial charge on any atom is -0.478 e. The van der Waals surface area contributed by atoms with Crippen molar-refractivity contribution >= 4 is 27.4 Å². The number of hydrogen-bond donors (Lipinski definition) is 2. The van der Waals surface area contributed by atoms with Crippen LogP contribution in [0.1, 0.15) is 47.5 Å². The van der Waals surface area contributed by atoms with E-state index in [-0.39, 0.29) is 28.2 Å². The minimum atomic E-state index is -2.15. The van der Waals surface area contributed by atoms with Gasteiger partial charge in [0.2, 0.25) is 0 Å². The molecule has 2 atom stereocenters. The molecule has 1 saturated heterocycles. The molecule has 2 unspecified atom stereocenters. The molecule has 1 fully saturated rings. The average molecular weight is 387 g/mol. The Bertz CT molecular complexity index is 580. The molecule has 5 nitrogen and oxygen atoms in total. The summed E-state index contributed by atoms with van der Waals surface area (Å²) in [7, 11) is -4.29. The number of hydrogen-bond acceptors (Lipinski definition) is 3. The third kappa shape index (κ3) is 4.26. The van der Waals surface area contributed by atoms with Crippen molar-refractivity contribution in [1.82, 2.24) is 0 Å². The molecule has 0 spiro atoms. The zero-order valence-electron chi connectivity index (χ0n) is 16.9. The molecule has 144 valence electrons. The molecular formula is C18H34O5Si2. The normalized spacial score (nSPS) is 27.6. The van der Waals surface area contributed by atoms with Crippen molar-refractivity contribution in [3.8, 4) is 0 Å². The molecule has 25 heavy (non-hydrogen) atoms. The molecule has 0 aromatic rings. The molecule has 0 amide bonds. The molecule has 1 rings (SSSR count). The van der Waals surface area contributed by atoms with E-state index in [9.17, 15) is 19.8 Å². The maximum Gasteiger partial charge on any atom is 0.332 e. The van der Waals surface area contributed by atoms with Crippen LogP contribution in [0.4, 0.5) is 0 Å². The molecule has 0 aromatic carbocycles. The first-order valence-corrected chi connectivity index (χ1v) is 15.8. The third-order valence-corrected chi connectivity index (χ3v) is 23.7. The third-order valence-electron chi connectivity index (χ3n) is 6.01. The molecule has 1 heterocycles. The lowest BCUT2D eigenvalue weighted by molar-refractivity contribution is -0.136. The number of carboxylic acids is 2. The summed E-state index contributed by atoms with van der Waals surface area (Å²) in [6, 6.07) is 0.986. The molecule has 7 heteroatoms. The Morgan fingerprint density at radius 1 is 1.08 bits per heavy atom. The van der Waals surface area contributed by atoms with E-state index in [1.165, 1.54) is 0 Å². The summed E-state index contributed by atoms with van der Waals surface area (Å²) in [5.41, 5.74) is -0.191. The Labute approximate surface area is 153 Å². The number of carbonyl (C=O) groups is 2. The Morgan fingerprint density at radius 2 is 1.56 bits per heavy atom. The molecule has 0 bridgehead atoms. The van der Waals surface area contributed by atoms with Crippen molar-refractivity contribution in [3.63, 3.8) is 0 Å². The Balaban J connectivity index is 3.60. The summed E-state index contributed by atoms with van der Waals surface area (Å²) >= 11 is 0. The van der Waals surface area contributed by atoms with Gasteiger partial charge in [-0.3, -0.25) is 0 Å². The summed E-state index contributed by atoms with van der Waals surface area (Å²) in [6.07, 6.45) is 1.55. The van der Waals surface area contributed by atoms with E-state index in [2.05, 4.69) is 33.5 Å². The first-order valence-electron chi connectivity index (χ1n) is 9.11. The quantitative estimate of drug-likeness (QED) is 0.520. The van der Waals surface area contributed by atoms with E-state index < -0.39 is 27.4 Å². The molecule has 0 saturated carbocycles. The van der Waals surface area contributed by atoms with Gasteiger partial charge in [-0.05, 0) is 44.8 Å². The van der Waals surface area contributed by atoms with E-state index in [0.717, 1.165) is 12.5 Å². The van der Waals surface area contributed by atoms with Gasteiger partial charge < -0.3 is 14.6 Å². The van der Waals surface area contributed by atoms with Crippen molar-refractivity contribution in [1.29, 1.82) is 0 Å². The van der Waals surface area contributed by atoms with Crippen LogP contribution in [0.15, 0.2) is 11.1 Å². The fourth-order valence-corrected chi connectivity index (χ4v) is 18.1. The van der Waals surface area contributed by atoms with Crippen molar-refractivity contribution in [3.05, 3.63) is 11.1 Å². The fourth-order valence-electron chi connectivity index (χ4n) is 4.41. The highest BCUT2D eigenvalue weighted by Crippen LogP contribution is 2.49. The standard InChI is InChI=1S/C18H34O5Si2/c1-9-13(15(17(21)22)14(12(2)3)16(19)20)25(8)11-10-18(4,5)23-24(25,6)7/h12-13H,9-11H2,1-8H3,(H,19,20)(H,21,22). The van der Waals surface area contributed by atoms with Gasteiger partial charge in [0.15, 0.2) is 7.83 Å². The minimum absolute atomic E-state index is 0.0581. The van der Waals surface area contributed by atoms with E-state index in [1.54, 1.807) is 13.8 Å². The van der Waals surface area contributed by atoms with Crippen LogP contribution < -0.4 is 0 Å². The van der Waals surface area contributed by atoms with E-state index in [0.29, 0.717) is 6.42 Å². The topological polar surface area (TPSA) is 83.8 Å². The summed E-state index contributed by atoms with van der Waals surface area (Å²) in [5, 5.41) is 19.6. The van der Waals surface area contributed by atoms with Crippen LogP contribution in [0.5, 0.6) is 0 Å². The van der Waals surface area contributed by atoms with Gasteiger partial charge in [0.1, 0.15) is 0 Å². The van der Waals surface area contributed by atoms with Crippen LogP contribution in [-0.2, 0) is 14.0 Å². The SMILES string of the molecule is CCC(C(C(=O)O)=C(C(=O)O)C(C)C)[Si]1(C)CCC(C)(C)O[Si]1(C)C. The lowest BCUT2D eigenvalue weighted by Crippen LogP contribution is -2.68. The van der Waals surface area contributed by atoms with Crippen molar-refractivity contribution in [2.75, 3.05) is 0 Å². The van der Waals surface area contributed by atoms with E-state index >= 15 is 0 Å². The Kier molecular flexibility index (Phi) is 6.51. The molecule has 0 aromatic heterocycles. The van der Waals surface area contributed by atoms with Crippen LogP contribution in [0, 0.1) is 5.92 Å². The molecule has 2 N–H and O–H groups in total. The first kappa shape index (κ1) is 22.1. The van der Waals surface area contributed by atoms with Gasteiger partial charge in [-0.2, -0.15) is 0 Å². The predicted molar refractivity (Wildman–Crippen MR) is 105 cm³/mol. The van der Waals surface area contributed by atoms with E-state index in [1.807, 2.05) is 6.92 Å². The summed E-state index contributed by atoms with van der Waals surface area (Å²) in [4.78, 5) is 24.0. The van der Waals surface area contributed by atoms with Gasteiger partial charge in [-0.1, -0.05) is 39.8 Å². The fraction of sp³-hybridized carbons (Fsp3) is 0.778. The second-order valence-electron chi connectivity index (χ2n) is 8.84. The molecule has 0 aliphatic carbocycles. The monoisotopic (exact) mass is 386 g/mol. The van der Waals surface area contributed by atoms with Crippen LogP contribution in [0.25, 0.3) is 0 Å². The van der Waals surface area contributed by atoms with Gasteiger partial charge in [0.25, 0.3) is 0 Å². The molecule has 0 radical (unpaired) electrons. The van der Waals surface area contributed by atoms with Gasteiger partial charge in [0, 0.05) is 11.1 Å². The van der Waals surface area contributed by atoms with Gasteiger partial charge in [-0.25, -0.2) is 9.59 Å². The van der Waals surface area contributed by atoms with Crippen molar-refractivity contribution in [2.45, 2.75) is 84.3 Å². The average Bonchev–Trinajstić information content (AvgIpc) is 2.41. The lowest BCUT2D eigenvalue weighted by atomic mass is 9.94. The zero-order chi connectivity index (χ0) is 19.8. The lowest BCUT2D eigenvalue weighted by Gasteiger charge is -2.54. The van der Waals surface area contributed by atoms with Crippen LogP contribution in [0.3, 0.4) is 0 Å². The Hall–Kier alpha value is -0.926. The molecule has 1 aliphatic heterocycles. The number of rotatable bonds is 6. The number of carboxylic acid groups (broad SMARTS) is 2. The smallest absolute Gasteiger partial charge is 0.332 e. The highest BCUT2D eigenvalue weighted by molar-refractivity contribution is 7.39. The van der Waals surface area contributed by atoms with Gasteiger partial charge in [-0.15, -0.1) is 0 Å². The highest BCUT2D eigenvalue weighted by atomic mass is 29.3. The largest absolute Gasteiger partial charge is 0.478 e. The van der Waals surface area contributed by atoms with Crippen molar-refractivity contribution in [2.24, 2.45) is 5.92 Å². The second-order valence-corrected chi connectivity index (χ2v) is 23.1. The summed E-state index contributed by atoms with van der Waals surface area (Å²) < 4.78 is 6.53. The van der Waals surface area contributed by atoms with Crippen LogP contribution in [-0.4, -0.2) is 43.2 Å². The zero-order valence-corrected chi connectivity index (χ0v) is 18.9. The van der Waals surface area contributed by atoms with Gasteiger partial charge in [0.05, 0.1) is 13.2 Å². The molecular weight excluding hydrogens is 352 g/mol. The van der Waals surface area contributed by atoms with E-state index in [4.69, 9.17) is 4.43 Å². The summed E-state index contributed by atoms with van der Waals surface area (Å²) in [5.74, 6) is -2.53. The van der Waals surface area contributed by atoms with Gasteiger partial charge >= 0.3 is 11.9 Å². The number of aliphatic carboxylic acids is 2. The van der Waals surface area contributed by atoms with Crippen LogP contribution >= 0.6 is 0 Å². The van der Waals surface area contributed by atoms with Crippen LogP contribution in [0.2, 0.25) is 31.2 Å². The summed E-state index contributed by atoms with van der Waals surface area (Å²) in [6.45, 7) is 16.3.